The summed E-state index contributed by atoms with van der Waals surface area (Å²) in [5.41, 5.74) is 1.08. The SMILES string of the molecule is CC(=O)N(C[C@H](O)CNc1ccc(C2CCS(=O)(=O)CC2)c(F)c1)C(=O)OCOC(=O)c1ccccc1. The maximum absolute atomic E-state index is 14.7. The summed E-state index contributed by atoms with van der Waals surface area (Å²) in [4.78, 5) is 36.7. The molecule has 0 unspecified atom stereocenters. The summed E-state index contributed by atoms with van der Waals surface area (Å²) < 4.78 is 47.5. The number of esters is 1. The second-order valence-corrected chi connectivity index (χ2v) is 11.0. The van der Waals surface area contributed by atoms with Gasteiger partial charge in [0, 0.05) is 19.2 Å². The first-order valence-corrected chi connectivity index (χ1v) is 13.5. The van der Waals surface area contributed by atoms with Crippen LogP contribution in [0.1, 0.15) is 41.6 Å². The lowest BCUT2D eigenvalue weighted by atomic mass is 9.93. The van der Waals surface area contributed by atoms with Crippen LogP contribution in [0, 0.1) is 5.82 Å². The van der Waals surface area contributed by atoms with Gasteiger partial charge in [-0.25, -0.2) is 27.3 Å². The Kier molecular flexibility index (Phi) is 9.59. The maximum atomic E-state index is 14.7. The minimum absolute atomic E-state index is 0.0356. The van der Waals surface area contributed by atoms with E-state index in [-0.39, 0.29) is 29.5 Å². The quantitative estimate of drug-likeness (QED) is 0.366. The molecule has 37 heavy (non-hydrogen) atoms. The van der Waals surface area contributed by atoms with Gasteiger partial charge >= 0.3 is 12.1 Å². The number of ether oxygens (including phenoxy) is 2. The molecule has 1 aliphatic rings. The van der Waals surface area contributed by atoms with Crippen LogP contribution in [0.15, 0.2) is 48.5 Å². The zero-order chi connectivity index (χ0) is 27.0. The van der Waals surface area contributed by atoms with Gasteiger partial charge in [0.25, 0.3) is 0 Å². The van der Waals surface area contributed by atoms with E-state index in [0.717, 1.165) is 6.92 Å². The van der Waals surface area contributed by atoms with E-state index in [1.807, 2.05) is 0 Å². The van der Waals surface area contributed by atoms with Crippen LogP contribution in [0.3, 0.4) is 0 Å². The molecule has 2 amide bonds. The number of rotatable bonds is 9. The molecule has 2 N–H and O–H groups in total. The van der Waals surface area contributed by atoms with Crippen LogP contribution >= 0.6 is 0 Å². The highest BCUT2D eigenvalue weighted by Gasteiger charge is 2.27. The number of amides is 2. The molecule has 0 aliphatic carbocycles. The molecular formula is C25H29FN2O8S. The number of benzene rings is 2. The van der Waals surface area contributed by atoms with E-state index >= 15 is 0 Å². The van der Waals surface area contributed by atoms with E-state index in [2.05, 4.69) is 5.32 Å². The third-order valence-electron chi connectivity index (χ3n) is 5.91. The van der Waals surface area contributed by atoms with Crippen molar-refractivity contribution in [3.05, 3.63) is 65.5 Å². The molecule has 1 saturated heterocycles. The Hall–Kier alpha value is -3.51. The Morgan fingerprint density at radius 3 is 2.41 bits per heavy atom. The number of aliphatic hydroxyl groups excluding tert-OH is 1. The van der Waals surface area contributed by atoms with Crippen LogP contribution in [0.5, 0.6) is 0 Å². The molecule has 12 heteroatoms. The Morgan fingerprint density at radius 1 is 1.11 bits per heavy atom. The highest BCUT2D eigenvalue weighted by molar-refractivity contribution is 7.91. The largest absolute Gasteiger partial charge is 0.424 e. The van der Waals surface area contributed by atoms with Crippen molar-refractivity contribution < 1.29 is 41.8 Å². The first-order chi connectivity index (χ1) is 17.6. The predicted octanol–water partition coefficient (Wildman–Crippen LogP) is 2.69. The summed E-state index contributed by atoms with van der Waals surface area (Å²) in [5, 5.41) is 13.2. The third kappa shape index (κ3) is 8.25. The number of nitrogens with zero attached hydrogens (tertiary/aromatic N) is 1. The molecule has 0 radical (unpaired) electrons. The fourth-order valence-electron chi connectivity index (χ4n) is 3.88. The zero-order valence-electron chi connectivity index (χ0n) is 20.3. The number of carbonyl (C=O) groups excluding carboxylic acids is 3. The second kappa shape index (κ2) is 12.6. The van der Waals surface area contributed by atoms with Gasteiger partial charge < -0.3 is 19.9 Å². The van der Waals surface area contributed by atoms with Crippen molar-refractivity contribution in [2.45, 2.75) is 31.8 Å². The zero-order valence-corrected chi connectivity index (χ0v) is 21.1. The summed E-state index contributed by atoms with van der Waals surface area (Å²) in [6.45, 7) is -0.128. The number of carbonyl (C=O) groups is 3. The van der Waals surface area contributed by atoms with Crippen LogP contribution in [-0.2, 0) is 24.1 Å². The lowest BCUT2D eigenvalue weighted by Crippen LogP contribution is -2.43. The number of aliphatic hydroxyl groups is 1. The molecule has 0 bridgehead atoms. The summed E-state index contributed by atoms with van der Waals surface area (Å²) in [7, 11) is -3.05. The van der Waals surface area contributed by atoms with Gasteiger partial charge in [-0.15, -0.1) is 0 Å². The molecule has 1 heterocycles. The van der Waals surface area contributed by atoms with Gasteiger partial charge in [-0.05, 0) is 48.6 Å². The van der Waals surface area contributed by atoms with Crippen molar-refractivity contribution in [1.82, 2.24) is 4.90 Å². The molecule has 3 rings (SSSR count). The third-order valence-corrected chi connectivity index (χ3v) is 7.63. The molecule has 200 valence electrons. The smallest absolute Gasteiger partial charge is 0.419 e. The van der Waals surface area contributed by atoms with E-state index in [0.29, 0.717) is 29.0 Å². The van der Waals surface area contributed by atoms with Crippen molar-refractivity contribution in [3.8, 4) is 0 Å². The first-order valence-electron chi connectivity index (χ1n) is 11.6. The molecular weight excluding hydrogens is 507 g/mol. The average molecular weight is 537 g/mol. The topological polar surface area (TPSA) is 139 Å². The van der Waals surface area contributed by atoms with E-state index in [4.69, 9.17) is 9.47 Å². The fourth-order valence-corrected chi connectivity index (χ4v) is 5.37. The highest BCUT2D eigenvalue weighted by Crippen LogP contribution is 2.31. The standard InChI is InChI=1S/C25H29FN2O8S/c1-17(29)28(25(32)36-16-35-24(31)19-5-3-2-4-6-19)15-21(30)14-27-20-7-8-22(23(26)13-20)18-9-11-37(33,34)12-10-18/h2-8,13,18,21,27,30H,9-12,14-16H2,1H3/t21-/m1/s1. The second-order valence-electron chi connectivity index (χ2n) is 8.65. The normalized spacial score (nSPS) is 15.9. The van der Waals surface area contributed by atoms with Crippen molar-refractivity contribution in [2.24, 2.45) is 0 Å². The van der Waals surface area contributed by atoms with Gasteiger partial charge in [-0.3, -0.25) is 4.79 Å². The molecule has 1 fully saturated rings. The van der Waals surface area contributed by atoms with Gasteiger partial charge in [0.05, 0.1) is 29.7 Å². The van der Waals surface area contributed by atoms with Crippen LogP contribution in [0.2, 0.25) is 0 Å². The van der Waals surface area contributed by atoms with E-state index in [9.17, 15) is 32.3 Å². The van der Waals surface area contributed by atoms with Crippen molar-refractivity contribution in [3.63, 3.8) is 0 Å². The number of anilines is 1. The van der Waals surface area contributed by atoms with Gasteiger partial charge in [0.1, 0.15) is 15.7 Å². The Labute approximate surface area is 214 Å². The van der Waals surface area contributed by atoms with Crippen LogP contribution in [-0.4, -0.2) is 73.9 Å². The van der Waals surface area contributed by atoms with Gasteiger partial charge in [0.15, 0.2) is 0 Å². The van der Waals surface area contributed by atoms with Crippen molar-refractivity contribution in [2.75, 3.05) is 36.7 Å². The summed E-state index contributed by atoms with van der Waals surface area (Å²) in [5.74, 6) is -1.99. The Bertz CT molecular complexity index is 1210. The molecule has 2 aromatic rings. The summed E-state index contributed by atoms with van der Waals surface area (Å²) in [6.07, 6.45) is -1.58. The fraction of sp³-hybridized carbons (Fsp3) is 0.400. The molecule has 1 aliphatic heterocycles. The van der Waals surface area contributed by atoms with Gasteiger partial charge in [-0.2, -0.15) is 0 Å². The van der Waals surface area contributed by atoms with Gasteiger partial charge in [0.2, 0.25) is 12.7 Å². The number of halogens is 1. The summed E-state index contributed by atoms with van der Waals surface area (Å²) >= 11 is 0. The highest BCUT2D eigenvalue weighted by atomic mass is 32.2. The molecule has 0 spiro atoms. The molecule has 0 saturated carbocycles. The average Bonchev–Trinajstić information content (AvgIpc) is 2.86. The molecule has 1 atom stereocenters. The van der Waals surface area contributed by atoms with E-state index in [1.165, 1.54) is 18.2 Å². The van der Waals surface area contributed by atoms with E-state index in [1.54, 1.807) is 30.3 Å². The number of imide groups is 1. The van der Waals surface area contributed by atoms with Crippen LogP contribution in [0.4, 0.5) is 14.9 Å². The first kappa shape index (κ1) is 28.1. The van der Waals surface area contributed by atoms with E-state index < -0.39 is 53.1 Å². The lowest BCUT2D eigenvalue weighted by Gasteiger charge is -2.23. The predicted molar refractivity (Wildman–Crippen MR) is 132 cm³/mol. The van der Waals surface area contributed by atoms with Crippen LogP contribution < -0.4 is 5.32 Å². The Balaban J connectivity index is 1.47. The molecule has 0 aromatic heterocycles. The molecule has 2 aromatic carbocycles. The minimum Gasteiger partial charge on any atom is -0.424 e. The number of nitrogens with one attached hydrogen (secondary N) is 1. The van der Waals surface area contributed by atoms with Crippen molar-refractivity contribution in [1.29, 1.82) is 0 Å². The lowest BCUT2D eigenvalue weighted by molar-refractivity contribution is -0.129. The van der Waals surface area contributed by atoms with Gasteiger partial charge in [-0.1, -0.05) is 24.3 Å². The van der Waals surface area contributed by atoms with Crippen molar-refractivity contribution >= 4 is 33.5 Å². The maximum Gasteiger partial charge on any atom is 0.419 e. The van der Waals surface area contributed by atoms with Crippen LogP contribution in [0.25, 0.3) is 0 Å². The minimum atomic E-state index is -3.05. The number of hydrogen-bond donors (Lipinski definition) is 2. The monoisotopic (exact) mass is 536 g/mol. The Morgan fingerprint density at radius 2 is 1.78 bits per heavy atom. The summed E-state index contributed by atoms with van der Waals surface area (Å²) in [6, 6.07) is 12.5. The number of sulfone groups is 1. The number of hydrogen-bond acceptors (Lipinski definition) is 9. The molecule has 10 nitrogen and oxygen atoms in total.